The number of hydrogen-bond acceptors (Lipinski definition) is 2. The molecule has 2 heteroatoms. The Morgan fingerprint density at radius 1 is 0.840 bits per heavy atom. The highest BCUT2D eigenvalue weighted by Gasteiger charge is 2.21. The molecule has 0 amide bonds. The summed E-state index contributed by atoms with van der Waals surface area (Å²) in [6.45, 7) is 14.2. The number of benzene rings is 2. The van der Waals surface area contributed by atoms with E-state index in [4.69, 9.17) is 0 Å². The summed E-state index contributed by atoms with van der Waals surface area (Å²) >= 11 is 0. The van der Waals surface area contributed by atoms with Crippen LogP contribution in [0.15, 0.2) is 42.5 Å². The number of aryl methyl sites for hydroxylation is 2. The molecule has 2 aromatic carbocycles. The first kappa shape index (κ1) is 19.5. The molecule has 0 aromatic heterocycles. The number of phenols is 1. The van der Waals surface area contributed by atoms with E-state index in [0.717, 1.165) is 18.5 Å². The molecule has 2 nitrogen and oxygen atoms in total. The van der Waals surface area contributed by atoms with Crippen LogP contribution in [0.1, 0.15) is 62.3 Å². The van der Waals surface area contributed by atoms with Gasteiger partial charge in [-0.2, -0.15) is 0 Å². The molecule has 2 aromatic rings. The van der Waals surface area contributed by atoms with Crippen LogP contribution in [-0.2, 0) is 0 Å². The highest BCUT2D eigenvalue weighted by molar-refractivity contribution is 5.43. The quantitative estimate of drug-likeness (QED) is 0.704. The highest BCUT2D eigenvalue weighted by atomic mass is 16.3. The minimum absolute atomic E-state index is 0.209. The van der Waals surface area contributed by atoms with Gasteiger partial charge < -0.3 is 5.11 Å². The van der Waals surface area contributed by atoms with Crippen molar-refractivity contribution in [1.29, 1.82) is 0 Å². The number of hydrogen-bond donors (Lipinski definition) is 1. The standard InChI is InChI=1S/C23H33NO/c1-16(2)24(17(3)4)14-13-21(20-10-7-18(5)8-11-20)22-15-19(6)9-12-23(22)25/h7-12,15-17,21,25H,13-14H2,1-6H3. The van der Waals surface area contributed by atoms with Gasteiger partial charge in [0.1, 0.15) is 5.75 Å². The van der Waals surface area contributed by atoms with Gasteiger partial charge >= 0.3 is 0 Å². The van der Waals surface area contributed by atoms with Gasteiger partial charge in [-0.1, -0.05) is 47.5 Å². The fourth-order valence-electron chi connectivity index (χ4n) is 3.64. The van der Waals surface area contributed by atoms with Gasteiger partial charge in [0.2, 0.25) is 0 Å². The van der Waals surface area contributed by atoms with E-state index >= 15 is 0 Å². The molecule has 0 saturated carbocycles. The van der Waals surface area contributed by atoms with Crippen LogP contribution in [0.5, 0.6) is 5.75 Å². The maximum atomic E-state index is 10.5. The molecule has 1 N–H and O–H groups in total. The summed E-state index contributed by atoms with van der Waals surface area (Å²) in [5.41, 5.74) is 4.77. The van der Waals surface area contributed by atoms with E-state index in [0.29, 0.717) is 17.8 Å². The van der Waals surface area contributed by atoms with Crippen LogP contribution < -0.4 is 0 Å². The van der Waals surface area contributed by atoms with E-state index in [1.54, 1.807) is 0 Å². The van der Waals surface area contributed by atoms with Gasteiger partial charge in [0.25, 0.3) is 0 Å². The second kappa shape index (κ2) is 8.53. The molecule has 2 rings (SSSR count). The van der Waals surface area contributed by atoms with Crippen molar-refractivity contribution in [2.75, 3.05) is 6.54 Å². The average molecular weight is 340 g/mol. The molecule has 0 aliphatic carbocycles. The van der Waals surface area contributed by atoms with Gasteiger partial charge in [-0.05, 0) is 66.1 Å². The van der Waals surface area contributed by atoms with Gasteiger partial charge in [0.05, 0.1) is 0 Å². The van der Waals surface area contributed by atoms with Crippen LogP contribution in [0.3, 0.4) is 0 Å². The monoisotopic (exact) mass is 339 g/mol. The Labute approximate surface area is 153 Å². The van der Waals surface area contributed by atoms with E-state index in [-0.39, 0.29) is 5.92 Å². The Bertz CT molecular complexity index is 665. The number of rotatable bonds is 7. The first-order valence-corrected chi connectivity index (χ1v) is 9.41. The molecule has 0 heterocycles. The van der Waals surface area contributed by atoms with Crippen LogP contribution in [0.4, 0.5) is 0 Å². The van der Waals surface area contributed by atoms with Crippen LogP contribution >= 0.6 is 0 Å². The minimum Gasteiger partial charge on any atom is -0.508 e. The topological polar surface area (TPSA) is 23.5 Å². The van der Waals surface area contributed by atoms with Gasteiger partial charge in [0, 0.05) is 23.6 Å². The summed E-state index contributed by atoms with van der Waals surface area (Å²) in [6.07, 6.45) is 0.996. The first-order valence-electron chi connectivity index (χ1n) is 9.41. The summed E-state index contributed by atoms with van der Waals surface area (Å²) in [4.78, 5) is 2.52. The Hall–Kier alpha value is -1.80. The van der Waals surface area contributed by atoms with E-state index < -0.39 is 0 Å². The predicted molar refractivity (Wildman–Crippen MR) is 107 cm³/mol. The molecule has 0 bridgehead atoms. The molecule has 0 aliphatic heterocycles. The van der Waals surface area contributed by atoms with Crippen molar-refractivity contribution in [1.82, 2.24) is 4.90 Å². The van der Waals surface area contributed by atoms with Crippen molar-refractivity contribution in [2.24, 2.45) is 0 Å². The smallest absolute Gasteiger partial charge is 0.119 e. The zero-order valence-electron chi connectivity index (χ0n) is 16.6. The SMILES string of the molecule is Cc1ccc(C(CCN(C(C)C)C(C)C)c2cc(C)ccc2O)cc1. The van der Waals surface area contributed by atoms with Crippen molar-refractivity contribution in [3.63, 3.8) is 0 Å². The molecule has 1 atom stereocenters. The summed E-state index contributed by atoms with van der Waals surface area (Å²) in [6, 6.07) is 15.7. The van der Waals surface area contributed by atoms with E-state index in [1.807, 2.05) is 12.1 Å². The minimum atomic E-state index is 0.209. The Kier molecular flexibility index (Phi) is 6.66. The van der Waals surface area contributed by atoms with Crippen LogP contribution in [0.25, 0.3) is 0 Å². The van der Waals surface area contributed by atoms with Crippen molar-refractivity contribution in [2.45, 2.75) is 66.0 Å². The van der Waals surface area contributed by atoms with Crippen LogP contribution in [0, 0.1) is 13.8 Å². The summed E-state index contributed by atoms with van der Waals surface area (Å²) in [5, 5.41) is 10.5. The van der Waals surface area contributed by atoms with Gasteiger partial charge in [-0.25, -0.2) is 0 Å². The molecule has 0 fully saturated rings. The fraction of sp³-hybridized carbons (Fsp3) is 0.478. The van der Waals surface area contributed by atoms with Crippen LogP contribution in [0.2, 0.25) is 0 Å². The molecular formula is C23H33NO. The molecule has 25 heavy (non-hydrogen) atoms. The lowest BCUT2D eigenvalue weighted by Crippen LogP contribution is -2.38. The zero-order valence-corrected chi connectivity index (χ0v) is 16.6. The van der Waals surface area contributed by atoms with E-state index in [9.17, 15) is 5.11 Å². The molecule has 136 valence electrons. The maximum Gasteiger partial charge on any atom is 0.119 e. The normalized spacial score (nSPS) is 13.0. The predicted octanol–water partition coefficient (Wildman–Crippen LogP) is 5.65. The molecule has 0 saturated heterocycles. The van der Waals surface area contributed by atoms with Gasteiger partial charge in [0.15, 0.2) is 0 Å². The van der Waals surface area contributed by atoms with Gasteiger partial charge in [-0.3, -0.25) is 4.90 Å². The van der Waals surface area contributed by atoms with Crippen molar-refractivity contribution >= 4 is 0 Å². The third-order valence-corrected chi connectivity index (χ3v) is 5.04. The second-order valence-electron chi connectivity index (χ2n) is 7.74. The summed E-state index contributed by atoms with van der Waals surface area (Å²) in [7, 11) is 0. The Morgan fingerprint density at radius 2 is 1.40 bits per heavy atom. The molecule has 0 aliphatic rings. The third kappa shape index (κ3) is 5.09. The number of phenolic OH excluding ortho intramolecular Hbond substituents is 1. The van der Waals surface area contributed by atoms with Crippen molar-refractivity contribution in [3.05, 3.63) is 64.7 Å². The molecule has 1 unspecified atom stereocenters. The van der Waals surface area contributed by atoms with Crippen molar-refractivity contribution < 1.29 is 5.11 Å². The Balaban J connectivity index is 2.35. The second-order valence-corrected chi connectivity index (χ2v) is 7.74. The molecule has 0 radical (unpaired) electrons. The first-order chi connectivity index (χ1) is 11.8. The lowest BCUT2D eigenvalue weighted by Gasteiger charge is -2.32. The Morgan fingerprint density at radius 3 is 1.96 bits per heavy atom. The molecule has 0 spiro atoms. The summed E-state index contributed by atoms with van der Waals surface area (Å²) in [5.74, 6) is 0.609. The maximum absolute atomic E-state index is 10.5. The van der Waals surface area contributed by atoms with Crippen molar-refractivity contribution in [3.8, 4) is 5.75 Å². The average Bonchev–Trinajstić information content (AvgIpc) is 2.54. The number of aromatic hydroxyl groups is 1. The van der Waals surface area contributed by atoms with E-state index in [2.05, 4.69) is 76.8 Å². The highest BCUT2D eigenvalue weighted by Crippen LogP contribution is 2.35. The largest absolute Gasteiger partial charge is 0.508 e. The molecular weight excluding hydrogens is 306 g/mol. The lowest BCUT2D eigenvalue weighted by atomic mass is 9.86. The van der Waals surface area contributed by atoms with E-state index in [1.165, 1.54) is 16.7 Å². The fourth-order valence-corrected chi connectivity index (χ4v) is 3.64. The summed E-state index contributed by atoms with van der Waals surface area (Å²) < 4.78 is 0. The lowest BCUT2D eigenvalue weighted by molar-refractivity contribution is 0.170. The third-order valence-electron chi connectivity index (χ3n) is 5.04. The van der Waals surface area contributed by atoms with Crippen LogP contribution in [-0.4, -0.2) is 28.6 Å². The number of nitrogens with zero attached hydrogens (tertiary/aromatic N) is 1. The zero-order chi connectivity index (χ0) is 18.6. The van der Waals surface area contributed by atoms with Gasteiger partial charge in [-0.15, -0.1) is 0 Å².